The number of primary amides is 1. The van der Waals surface area contributed by atoms with E-state index in [0.29, 0.717) is 50.8 Å². The monoisotopic (exact) mass is 508 g/mol. The van der Waals surface area contributed by atoms with Crippen molar-refractivity contribution in [1.82, 2.24) is 19.9 Å². The minimum Gasteiger partial charge on any atom is -0.481 e. The molecule has 0 aliphatic carbocycles. The van der Waals surface area contributed by atoms with Crippen LogP contribution in [0.2, 0.25) is 0 Å². The Balaban J connectivity index is 1.42. The molecule has 36 heavy (non-hydrogen) atoms. The maximum atomic E-state index is 12.7. The van der Waals surface area contributed by atoms with Crippen molar-refractivity contribution in [3.05, 3.63) is 35.3 Å². The van der Waals surface area contributed by atoms with Crippen molar-refractivity contribution in [1.29, 1.82) is 0 Å². The fourth-order valence-electron chi connectivity index (χ4n) is 4.41. The first kappa shape index (κ1) is 24.1. The molecule has 0 bridgehead atoms. The lowest BCUT2D eigenvalue weighted by molar-refractivity contribution is -0.130. The first-order chi connectivity index (χ1) is 17.5. The number of morpholine rings is 1. The zero-order valence-corrected chi connectivity index (χ0v) is 20.9. The highest BCUT2D eigenvalue weighted by Crippen LogP contribution is 2.35. The lowest BCUT2D eigenvalue weighted by Crippen LogP contribution is -2.41. The third-order valence-corrected chi connectivity index (χ3v) is 7.57. The van der Waals surface area contributed by atoms with Gasteiger partial charge in [-0.3, -0.25) is 9.59 Å². The Morgan fingerprint density at radius 3 is 2.61 bits per heavy atom. The van der Waals surface area contributed by atoms with Crippen LogP contribution in [0.1, 0.15) is 17.7 Å². The summed E-state index contributed by atoms with van der Waals surface area (Å²) in [5.74, 6) is 1.47. The molecule has 2 fully saturated rings. The number of carbonyl (C=O) groups excluding carboxylic acids is 2. The summed E-state index contributed by atoms with van der Waals surface area (Å²) in [6, 6.07) is 5.66. The SMILES string of the molecule is COc1ccc(-c2nc(N3CCOCC3)c3sc(/C=C/C(=O)N4CCC(C(N)=O)CC4)cc3n2)cn1. The van der Waals surface area contributed by atoms with Gasteiger partial charge in [0.2, 0.25) is 17.7 Å². The second kappa shape index (κ2) is 10.6. The van der Waals surface area contributed by atoms with Crippen LogP contribution in [0.25, 0.3) is 27.7 Å². The average Bonchev–Trinajstić information content (AvgIpc) is 3.35. The van der Waals surface area contributed by atoms with Crippen LogP contribution in [0, 0.1) is 5.92 Å². The molecule has 5 heterocycles. The number of aromatic nitrogens is 3. The fourth-order valence-corrected chi connectivity index (χ4v) is 5.43. The first-order valence-electron chi connectivity index (χ1n) is 11.9. The summed E-state index contributed by atoms with van der Waals surface area (Å²) < 4.78 is 11.7. The number of nitrogens with two attached hydrogens (primary N) is 1. The van der Waals surface area contributed by atoms with Gasteiger partial charge in [-0.2, -0.15) is 0 Å². The van der Waals surface area contributed by atoms with E-state index in [4.69, 9.17) is 25.2 Å². The van der Waals surface area contributed by atoms with E-state index in [1.165, 1.54) is 0 Å². The summed E-state index contributed by atoms with van der Waals surface area (Å²) in [5.41, 5.74) is 7.01. The Morgan fingerprint density at radius 2 is 1.94 bits per heavy atom. The molecule has 5 rings (SSSR count). The van der Waals surface area contributed by atoms with E-state index in [1.807, 2.05) is 18.2 Å². The topological polar surface area (TPSA) is 124 Å². The van der Waals surface area contributed by atoms with Crippen LogP contribution in [-0.4, -0.2) is 78.2 Å². The van der Waals surface area contributed by atoms with Gasteiger partial charge < -0.3 is 25.0 Å². The van der Waals surface area contributed by atoms with Crippen LogP contribution in [0.3, 0.4) is 0 Å². The highest BCUT2D eigenvalue weighted by molar-refractivity contribution is 7.20. The van der Waals surface area contributed by atoms with Gasteiger partial charge in [0.05, 0.1) is 30.5 Å². The lowest BCUT2D eigenvalue weighted by atomic mass is 9.96. The molecule has 0 spiro atoms. The van der Waals surface area contributed by atoms with E-state index in [-0.39, 0.29) is 17.7 Å². The van der Waals surface area contributed by atoms with Crippen LogP contribution >= 0.6 is 11.3 Å². The van der Waals surface area contributed by atoms with E-state index < -0.39 is 0 Å². The van der Waals surface area contributed by atoms with E-state index in [9.17, 15) is 9.59 Å². The molecule has 0 saturated carbocycles. The normalized spacial score (nSPS) is 17.1. The molecule has 2 aliphatic rings. The molecule has 2 saturated heterocycles. The molecule has 11 heteroatoms. The fraction of sp³-hybridized carbons (Fsp3) is 0.400. The van der Waals surface area contributed by atoms with Gasteiger partial charge in [0, 0.05) is 60.9 Å². The number of ether oxygens (including phenoxy) is 2. The molecule has 0 radical (unpaired) electrons. The smallest absolute Gasteiger partial charge is 0.246 e. The summed E-state index contributed by atoms with van der Waals surface area (Å²) in [4.78, 5) is 43.0. The lowest BCUT2D eigenvalue weighted by Gasteiger charge is -2.29. The minimum absolute atomic E-state index is 0.0696. The zero-order chi connectivity index (χ0) is 25.1. The van der Waals surface area contributed by atoms with Crippen LogP contribution in [0.15, 0.2) is 30.5 Å². The highest BCUT2D eigenvalue weighted by atomic mass is 32.1. The standard InChI is InChI=1S/C25H28N6O4S/c1-34-20-4-2-17(15-27-20)24-28-19-14-18(36-22(19)25(29-24)31-10-12-35-13-11-31)3-5-21(32)30-8-6-16(7-9-30)23(26)33/h2-5,14-16H,6-13H2,1H3,(H2,26,33)/b5-3+. The predicted octanol–water partition coefficient (Wildman–Crippen LogP) is 2.34. The summed E-state index contributed by atoms with van der Waals surface area (Å²) in [6.07, 6.45) is 6.34. The molecule has 3 aromatic rings. The maximum absolute atomic E-state index is 12.7. The van der Waals surface area contributed by atoms with Gasteiger partial charge in [-0.1, -0.05) is 0 Å². The van der Waals surface area contributed by atoms with Crippen LogP contribution < -0.4 is 15.4 Å². The molecule has 2 N–H and O–H groups in total. The number of fused-ring (bicyclic) bond motifs is 1. The summed E-state index contributed by atoms with van der Waals surface area (Å²) in [5, 5.41) is 0. The van der Waals surface area contributed by atoms with E-state index in [2.05, 4.69) is 9.88 Å². The van der Waals surface area contributed by atoms with Crippen LogP contribution in [0.4, 0.5) is 5.82 Å². The number of likely N-dealkylation sites (tertiary alicyclic amines) is 1. The van der Waals surface area contributed by atoms with Crippen molar-refractivity contribution >= 4 is 45.3 Å². The number of thiophene rings is 1. The van der Waals surface area contributed by atoms with Gasteiger partial charge in [0.25, 0.3) is 0 Å². The number of pyridine rings is 1. The van der Waals surface area contributed by atoms with Gasteiger partial charge in [-0.25, -0.2) is 15.0 Å². The number of piperidine rings is 1. The minimum atomic E-state index is -0.287. The van der Waals surface area contributed by atoms with E-state index in [0.717, 1.165) is 39.6 Å². The molecule has 10 nitrogen and oxygen atoms in total. The number of carbonyl (C=O) groups is 2. The number of hydrogen-bond acceptors (Lipinski definition) is 9. The van der Waals surface area contributed by atoms with Gasteiger partial charge in [0.1, 0.15) is 0 Å². The molecular weight excluding hydrogens is 480 g/mol. The largest absolute Gasteiger partial charge is 0.481 e. The van der Waals surface area contributed by atoms with Crippen molar-refractivity contribution in [3.8, 4) is 17.3 Å². The van der Waals surface area contributed by atoms with Gasteiger partial charge >= 0.3 is 0 Å². The molecule has 3 aromatic heterocycles. The summed E-state index contributed by atoms with van der Waals surface area (Å²) in [7, 11) is 1.58. The van der Waals surface area contributed by atoms with E-state index >= 15 is 0 Å². The summed E-state index contributed by atoms with van der Waals surface area (Å²) in [6.45, 7) is 3.85. The first-order valence-corrected chi connectivity index (χ1v) is 12.7. The Labute approximate surface area is 212 Å². The van der Waals surface area contributed by atoms with Crippen molar-refractivity contribution in [2.45, 2.75) is 12.8 Å². The predicted molar refractivity (Wildman–Crippen MR) is 138 cm³/mol. The third-order valence-electron chi connectivity index (χ3n) is 6.49. The molecule has 0 unspecified atom stereocenters. The van der Waals surface area contributed by atoms with Crippen LogP contribution in [-0.2, 0) is 14.3 Å². The number of hydrogen-bond donors (Lipinski definition) is 1. The molecule has 2 aliphatic heterocycles. The number of methoxy groups -OCH3 is 1. The Hall–Kier alpha value is -3.57. The highest BCUT2D eigenvalue weighted by Gasteiger charge is 2.25. The van der Waals surface area contributed by atoms with Gasteiger partial charge in [0.15, 0.2) is 11.6 Å². The average molecular weight is 509 g/mol. The zero-order valence-electron chi connectivity index (χ0n) is 20.1. The van der Waals surface area contributed by atoms with Crippen molar-refractivity contribution in [2.75, 3.05) is 51.4 Å². The third kappa shape index (κ3) is 5.17. The molecule has 188 valence electrons. The van der Waals surface area contributed by atoms with Gasteiger partial charge in [-0.05, 0) is 31.1 Å². The maximum Gasteiger partial charge on any atom is 0.246 e. The summed E-state index contributed by atoms with van der Waals surface area (Å²) >= 11 is 1.56. The molecule has 0 atom stereocenters. The van der Waals surface area contributed by atoms with Crippen molar-refractivity contribution in [2.24, 2.45) is 11.7 Å². The number of nitrogens with zero attached hydrogens (tertiary/aromatic N) is 5. The van der Waals surface area contributed by atoms with Crippen LogP contribution in [0.5, 0.6) is 5.88 Å². The Bertz CT molecular complexity index is 1280. The second-order valence-corrected chi connectivity index (χ2v) is 9.84. The quantitative estimate of drug-likeness (QED) is 0.503. The number of anilines is 1. The van der Waals surface area contributed by atoms with Crippen molar-refractivity contribution in [3.63, 3.8) is 0 Å². The Morgan fingerprint density at radius 1 is 1.17 bits per heavy atom. The second-order valence-electron chi connectivity index (χ2n) is 8.76. The number of rotatable bonds is 6. The molecular formula is C25H28N6O4S. The number of amides is 2. The van der Waals surface area contributed by atoms with Gasteiger partial charge in [-0.15, -0.1) is 11.3 Å². The molecule has 0 aromatic carbocycles. The Kier molecular flexibility index (Phi) is 7.10. The molecule has 2 amide bonds. The van der Waals surface area contributed by atoms with Crippen molar-refractivity contribution < 1.29 is 19.1 Å². The van der Waals surface area contributed by atoms with E-state index in [1.54, 1.807) is 41.7 Å².